The monoisotopic (exact) mass is 425 g/mol. The molecule has 0 spiro atoms. The van der Waals surface area contributed by atoms with Gasteiger partial charge in [-0.3, -0.25) is 4.79 Å². The van der Waals surface area contributed by atoms with E-state index in [-0.39, 0.29) is 5.91 Å². The van der Waals surface area contributed by atoms with Crippen LogP contribution in [-0.2, 0) is 0 Å². The van der Waals surface area contributed by atoms with Crippen molar-refractivity contribution in [1.82, 2.24) is 10.2 Å². The largest absolute Gasteiger partial charge is 0.378 e. The van der Waals surface area contributed by atoms with Crippen molar-refractivity contribution in [2.24, 2.45) is 11.8 Å². The topological polar surface area (TPSA) is 35.6 Å². The number of thiophene rings is 1. The van der Waals surface area contributed by atoms with Crippen LogP contribution in [-0.4, -0.2) is 51.1 Å². The molecule has 1 unspecified atom stereocenters. The fourth-order valence-electron chi connectivity index (χ4n) is 4.86. The molecule has 1 aromatic carbocycles. The van der Waals surface area contributed by atoms with E-state index in [0.29, 0.717) is 5.92 Å². The molecule has 2 aliphatic rings. The molecule has 4 nitrogen and oxygen atoms in total. The number of hydrogen-bond acceptors (Lipinski definition) is 4. The van der Waals surface area contributed by atoms with Gasteiger partial charge in [0.05, 0.1) is 4.88 Å². The lowest BCUT2D eigenvalue weighted by Gasteiger charge is -2.26. The minimum absolute atomic E-state index is 0.0712. The average molecular weight is 426 g/mol. The Labute approximate surface area is 185 Å². The molecule has 4 rings (SSSR count). The lowest BCUT2D eigenvalue weighted by Crippen LogP contribution is -2.32. The van der Waals surface area contributed by atoms with Crippen LogP contribution in [0.5, 0.6) is 0 Å². The first-order valence-corrected chi connectivity index (χ1v) is 12.3. The van der Waals surface area contributed by atoms with E-state index in [1.807, 2.05) is 20.2 Å². The first kappa shape index (κ1) is 21.4. The number of hydrogen-bond donors (Lipinski definition) is 1. The third-order valence-corrected chi connectivity index (χ3v) is 7.63. The number of nitrogens with zero attached hydrogens (tertiary/aromatic N) is 2. The van der Waals surface area contributed by atoms with Gasteiger partial charge in [-0.05, 0) is 72.3 Å². The molecule has 0 radical (unpaired) electrons. The van der Waals surface area contributed by atoms with Gasteiger partial charge < -0.3 is 15.1 Å². The fourth-order valence-corrected chi connectivity index (χ4v) is 5.70. The number of anilines is 1. The summed E-state index contributed by atoms with van der Waals surface area (Å²) in [5, 5.41) is 5.28. The molecular formula is C25H35N3OS. The van der Waals surface area contributed by atoms with E-state index in [4.69, 9.17) is 0 Å². The van der Waals surface area contributed by atoms with Crippen LogP contribution in [0.1, 0.15) is 48.2 Å². The van der Waals surface area contributed by atoms with E-state index in [0.717, 1.165) is 35.0 Å². The maximum absolute atomic E-state index is 12.7. The summed E-state index contributed by atoms with van der Waals surface area (Å²) in [7, 11) is 4.09. The second-order valence-corrected chi connectivity index (χ2v) is 10.2. The third-order valence-electron chi connectivity index (χ3n) is 6.70. The van der Waals surface area contributed by atoms with Crippen molar-refractivity contribution < 1.29 is 4.79 Å². The molecule has 1 aliphatic heterocycles. The molecule has 1 amide bonds. The Hall–Kier alpha value is -1.85. The van der Waals surface area contributed by atoms with Crippen molar-refractivity contribution >= 4 is 22.9 Å². The first-order valence-electron chi connectivity index (χ1n) is 11.5. The summed E-state index contributed by atoms with van der Waals surface area (Å²) in [4.78, 5) is 18.2. The summed E-state index contributed by atoms with van der Waals surface area (Å²) < 4.78 is 0. The van der Waals surface area contributed by atoms with Crippen LogP contribution in [0.25, 0.3) is 11.1 Å². The highest BCUT2D eigenvalue weighted by Gasteiger charge is 2.26. The molecule has 162 valence electrons. The van der Waals surface area contributed by atoms with Crippen molar-refractivity contribution in [2.75, 3.05) is 45.2 Å². The quantitative estimate of drug-likeness (QED) is 0.669. The van der Waals surface area contributed by atoms with Crippen LogP contribution in [0.2, 0.25) is 0 Å². The van der Waals surface area contributed by atoms with E-state index in [1.54, 1.807) is 0 Å². The van der Waals surface area contributed by atoms with Crippen LogP contribution in [0, 0.1) is 11.8 Å². The Morgan fingerprint density at radius 1 is 1.07 bits per heavy atom. The second kappa shape index (κ2) is 9.97. The van der Waals surface area contributed by atoms with Crippen molar-refractivity contribution in [3.05, 3.63) is 40.6 Å². The average Bonchev–Trinajstić information content (AvgIpc) is 3.43. The zero-order valence-electron chi connectivity index (χ0n) is 18.4. The van der Waals surface area contributed by atoms with Gasteiger partial charge in [0.1, 0.15) is 0 Å². The molecule has 1 N–H and O–H groups in total. The van der Waals surface area contributed by atoms with E-state index in [2.05, 4.69) is 44.8 Å². The van der Waals surface area contributed by atoms with E-state index >= 15 is 0 Å². The molecule has 0 bridgehead atoms. The number of carbonyl (C=O) groups excluding carboxylic acids is 1. The van der Waals surface area contributed by atoms with Gasteiger partial charge in [0.25, 0.3) is 5.91 Å². The van der Waals surface area contributed by atoms with Gasteiger partial charge >= 0.3 is 0 Å². The second-order valence-electron chi connectivity index (χ2n) is 9.27. The zero-order chi connectivity index (χ0) is 20.9. The fraction of sp³-hybridized carbons (Fsp3) is 0.560. The lowest BCUT2D eigenvalue weighted by molar-refractivity contribution is 0.0951. The van der Waals surface area contributed by atoms with Crippen LogP contribution in [0.15, 0.2) is 35.7 Å². The number of likely N-dealkylation sites (tertiary alicyclic amines) is 1. The van der Waals surface area contributed by atoms with Crippen LogP contribution in [0.3, 0.4) is 0 Å². The summed E-state index contributed by atoms with van der Waals surface area (Å²) >= 11 is 1.54. The van der Waals surface area contributed by atoms with Gasteiger partial charge in [-0.2, -0.15) is 0 Å². The molecule has 5 heteroatoms. The van der Waals surface area contributed by atoms with Crippen LogP contribution < -0.4 is 10.2 Å². The van der Waals surface area contributed by atoms with Crippen LogP contribution >= 0.6 is 11.3 Å². The molecule has 30 heavy (non-hydrogen) atoms. The van der Waals surface area contributed by atoms with Gasteiger partial charge in [-0.15, -0.1) is 11.3 Å². The number of carbonyl (C=O) groups is 1. The lowest BCUT2D eigenvalue weighted by atomic mass is 9.89. The van der Waals surface area contributed by atoms with Gasteiger partial charge in [0.15, 0.2) is 0 Å². The zero-order valence-corrected chi connectivity index (χ0v) is 19.2. The Kier molecular flexibility index (Phi) is 7.11. The molecule has 1 saturated carbocycles. The maximum atomic E-state index is 12.7. The maximum Gasteiger partial charge on any atom is 0.261 e. The highest BCUT2D eigenvalue weighted by Crippen LogP contribution is 2.28. The van der Waals surface area contributed by atoms with Gasteiger partial charge in [-0.1, -0.05) is 31.4 Å². The minimum Gasteiger partial charge on any atom is -0.378 e. The standard InChI is InChI=1S/C25H35N3OS/c1-27(2)23-10-8-21(9-11-23)22-14-24(30-18-22)25(29)26-15-20-12-13-28(17-20)16-19-6-4-3-5-7-19/h8-11,14,18-20H,3-7,12-13,15-17H2,1-2H3,(H,26,29). The van der Waals surface area contributed by atoms with E-state index in [1.165, 1.54) is 68.6 Å². The summed E-state index contributed by atoms with van der Waals surface area (Å²) in [6, 6.07) is 10.5. The molecule has 2 fully saturated rings. The molecule has 2 heterocycles. The normalized spacial score (nSPS) is 20.4. The summed E-state index contributed by atoms with van der Waals surface area (Å²) in [5.74, 6) is 1.57. The Morgan fingerprint density at radius 2 is 1.83 bits per heavy atom. The number of amides is 1. The van der Waals surface area contributed by atoms with Crippen molar-refractivity contribution in [3.8, 4) is 11.1 Å². The Morgan fingerprint density at radius 3 is 2.57 bits per heavy atom. The van der Waals surface area contributed by atoms with E-state index in [9.17, 15) is 4.79 Å². The van der Waals surface area contributed by atoms with Crippen molar-refractivity contribution in [3.63, 3.8) is 0 Å². The SMILES string of the molecule is CN(C)c1ccc(-c2csc(C(=O)NCC3CCN(CC4CCCCC4)C3)c2)cc1. The molecule has 2 aromatic rings. The molecular weight excluding hydrogens is 390 g/mol. The van der Waals surface area contributed by atoms with Gasteiger partial charge in [0.2, 0.25) is 0 Å². The van der Waals surface area contributed by atoms with Crippen molar-refractivity contribution in [2.45, 2.75) is 38.5 Å². The molecule has 1 aliphatic carbocycles. The number of rotatable bonds is 7. The van der Waals surface area contributed by atoms with Gasteiger partial charge in [0, 0.05) is 39.4 Å². The van der Waals surface area contributed by atoms with E-state index < -0.39 is 0 Å². The Bertz CT molecular complexity index is 823. The first-order chi connectivity index (χ1) is 14.6. The number of benzene rings is 1. The summed E-state index contributed by atoms with van der Waals surface area (Å²) in [6.45, 7) is 4.41. The van der Waals surface area contributed by atoms with Crippen LogP contribution in [0.4, 0.5) is 5.69 Å². The highest BCUT2D eigenvalue weighted by atomic mass is 32.1. The third kappa shape index (κ3) is 5.44. The smallest absolute Gasteiger partial charge is 0.261 e. The van der Waals surface area contributed by atoms with Gasteiger partial charge in [-0.25, -0.2) is 0 Å². The molecule has 1 atom stereocenters. The highest BCUT2D eigenvalue weighted by molar-refractivity contribution is 7.12. The minimum atomic E-state index is 0.0712. The summed E-state index contributed by atoms with van der Waals surface area (Å²) in [5.41, 5.74) is 3.46. The number of nitrogens with one attached hydrogen (secondary N) is 1. The summed E-state index contributed by atoms with van der Waals surface area (Å²) in [6.07, 6.45) is 8.30. The predicted octanol–water partition coefficient (Wildman–Crippen LogP) is 5.11. The Balaban J connectivity index is 1.25. The predicted molar refractivity (Wildman–Crippen MR) is 128 cm³/mol. The molecule has 1 aromatic heterocycles. The van der Waals surface area contributed by atoms with Crippen molar-refractivity contribution in [1.29, 1.82) is 0 Å². The molecule has 1 saturated heterocycles.